The molecule has 0 aliphatic heterocycles. The van der Waals surface area contributed by atoms with E-state index in [1.807, 2.05) is 6.07 Å². The van der Waals surface area contributed by atoms with Gasteiger partial charge in [-0.15, -0.1) is 11.3 Å². The Labute approximate surface area is 142 Å². The van der Waals surface area contributed by atoms with Crippen molar-refractivity contribution in [2.75, 3.05) is 7.11 Å². The van der Waals surface area contributed by atoms with Gasteiger partial charge in [0, 0.05) is 29.8 Å². The Hall–Kier alpha value is -2.80. The van der Waals surface area contributed by atoms with Gasteiger partial charge in [-0.25, -0.2) is 14.4 Å². The quantitative estimate of drug-likeness (QED) is 0.772. The van der Waals surface area contributed by atoms with E-state index in [0.717, 1.165) is 11.1 Å². The third-order valence-corrected chi connectivity index (χ3v) is 4.18. The Morgan fingerprint density at radius 1 is 1.25 bits per heavy atom. The summed E-state index contributed by atoms with van der Waals surface area (Å²) in [6.45, 7) is 0.346. The molecule has 2 aromatic heterocycles. The molecular formula is C17H14FN3O2S. The molecule has 0 spiro atoms. The number of hydrogen-bond acceptors (Lipinski definition) is 5. The van der Waals surface area contributed by atoms with Gasteiger partial charge >= 0.3 is 0 Å². The number of thiazole rings is 1. The van der Waals surface area contributed by atoms with E-state index in [0.29, 0.717) is 23.1 Å². The van der Waals surface area contributed by atoms with Crippen LogP contribution in [0.4, 0.5) is 4.39 Å². The first-order chi connectivity index (χ1) is 11.7. The van der Waals surface area contributed by atoms with Gasteiger partial charge < -0.3 is 10.1 Å². The number of benzene rings is 1. The molecule has 2 heterocycles. The molecule has 24 heavy (non-hydrogen) atoms. The topological polar surface area (TPSA) is 64.1 Å². The normalized spacial score (nSPS) is 10.4. The second-order valence-corrected chi connectivity index (χ2v) is 5.79. The zero-order chi connectivity index (χ0) is 16.9. The van der Waals surface area contributed by atoms with Crippen LogP contribution in [0.1, 0.15) is 16.1 Å². The Morgan fingerprint density at radius 2 is 2.04 bits per heavy atom. The smallest absolute Gasteiger partial charge is 0.271 e. The van der Waals surface area contributed by atoms with Crippen LogP contribution in [-0.4, -0.2) is 23.0 Å². The number of methoxy groups -OCH3 is 1. The van der Waals surface area contributed by atoms with Crippen LogP contribution in [0.5, 0.6) is 5.88 Å². The van der Waals surface area contributed by atoms with Gasteiger partial charge in [0.2, 0.25) is 5.88 Å². The number of carbonyl (C=O) groups excluding carboxylic acids is 1. The maximum atomic E-state index is 13.0. The van der Waals surface area contributed by atoms with Gasteiger partial charge in [-0.1, -0.05) is 6.07 Å². The molecule has 1 amide bonds. The van der Waals surface area contributed by atoms with E-state index < -0.39 is 0 Å². The van der Waals surface area contributed by atoms with Gasteiger partial charge in [0.15, 0.2) is 0 Å². The third-order valence-electron chi connectivity index (χ3n) is 3.29. The highest BCUT2D eigenvalue weighted by molar-refractivity contribution is 7.13. The van der Waals surface area contributed by atoms with Gasteiger partial charge in [-0.3, -0.25) is 4.79 Å². The van der Waals surface area contributed by atoms with Crippen molar-refractivity contribution in [1.29, 1.82) is 0 Å². The van der Waals surface area contributed by atoms with E-state index in [1.54, 1.807) is 36.9 Å². The zero-order valence-electron chi connectivity index (χ0n) is 12.8. The van der Waals surface area contributed by atoms with E-state index in [2.05, 4.69) is 15.3 Å². The first-order valence-corrected chi connectivity index (χ1v) is 8.02. The molecule has 122 valence electrons. The number of rotatable bonds is 5. The lowest BCUT2D eigenvalue weighted by atomic mass is 10.2. The Balaban J connectivity index is 1.64. The number of aromatic nitrogens is 2. The fourth-order valence-corrected chi connectivity index (χ4v) is 2.82. The Morgan fingerprint density at radius 3 is 2.71 bits per heavy atom. The molecule has 0 fully saturated rings. The van der Waals surface area contributed by atoms with Crippen molar-refractivity contribution < 1.29 is 13.9 Å². The molecule has 0 radical (unpaired) electrons. The summed E-state index contributed by atoms with van der Waals surface area (Å²) in [6, 6.07) is 9.58. The van der Waals surface area contributed by atoms with Crippen molar-refractivity contribution in [2.45, 2.75) is 6.54 Å². The molecule has 7 heteroatoms. The molecule has 0 atom stereocenters. The fourth-order valence-electron chi connectivity index (χ4n) is 2.01. The number of hydrogen-bond donors (Lipinski definition) is 1. The van der Waals surface area contributed by atoms with Crippen LogP contribution in [0.2, 0.25) is 0 Å². The number of pyridine rings is 1. The molecule has 0 saturated carbocycles. The third kappa shape index (κ3) is 3.75. The first kappa shape index (κ1) is 16.1. The molecule has 5 nitrogen and oxygen atoms in total. The molecular weight excluding hydrogens is 329 g/mol. The maximum Gasteiger partial charge on any atom is 0.271 e. The van der Waals surface area contributed by atoms with E-state index in [9.17, 15) is 9.18 Å². The number of carbonyl (C=O) groups is 1. The monoisotopic (exact) mass is 343 g/mol. The standard InChI is InChI=1S/C17H14FN3O2S/c1-23-15-7-2-11(8-19-15)9-20-16(22)14-10-24-17(21-14)12-3-5-13(18)6-4-12/h2-8,10H,9H2,1H3,(H,20,22). The largest absolute Gasteiger partial charge is 0.481 e. The van der Waals surface area contributed by atoms with Crippen LogP contribution < -0.4 is 10.1 Å². The predicted octanol–water partition coefficient (Wildman–Crippen LogP) is 3.28. The molecule has 0 aliphatic carbocycles. The number of ether oxygens (including phenoxy) is 1. The van der Waals surface area contributed by atoms with Gasteiger partial charge in [0.25, 0.3) is 5.91 Å². The lowest BCUT2D eigenvalue weighted by Gasteiger charge is -2.04. The summed E-state index contributed by atoms with van der Waals surface area (Å²) in [6.07, 6.45) is 1.64. The number of amides is 1. The molecule has 1 N–H and O–H groups in total. The summed E-state index contributed by atoms with van der Waals surface area (Å²) >= 11 is 1.34. The SMILES string of the molecule is COc1ccc(CNC(=O)c2csc(-c3ccc(F)cc3)n2)cn1. The van der Waals surface area contributed by atoms with E-state index >= 15 is 0 Å². The molecule has 3 rings (SSSR count). The van der Waals surface area contributed by atoms with Crippen molar-refractivity contribution in [3.05, 3.63) is 65.0 Å². The van der Waals surface area contributed by atoms with E-state index in [4.69, 9.17) is 4.74 Å². The molecule has 0 bridgehead atoms. The summed E-state index contributed by atoms with van der Waals surface area (Å²) in [5.41, 5.74) is 1.97. The summed E-state index contributed by atoms with van der Waals surface area (Å²) in [7, 11) is 1.55. The highest BCUT2D eigenvalue weighted by Gasteiger charge is 2.12. The van der Waals surface area contributed by atoms with Crippen molar-refractivity contribution in [3.8, 4) is 16.5 Å². The average molecular weight is 343 g/mol. The van der Waals surface area contributed by atoms with Crippen LogP contribution in [0.25, 0.3) is 10.6 Å². The van der Waals surface area contributed by atoms with Crippen LogP contribution in [0, 0.1) is 5.82 Å². The van der Waals surface area contributed by atoms with Crippen molar-refractivity contribution in [2.24, 2.45) is 0 Å². The van der Waals surface area contributed by atoms with E-state index in [1.165, 1.54) is 23.5 Å². The number of halogens is 1. The van der Waals surface area contributed by atoms with Gasteiger partial charge in [-0.2, -0.15) is 0 Å². The fraction of sp³-hybridized carbons (Fsp3) is 0.118. The summed E-state index contributed by atoms with van der Waals surface area (Å²) in [5, 5.41) is 5.14. The van der Waals surface area contributed by atoms with Gasteiger partial charge in [-0.05, 0) is 29.8 Å². The second kappa shape index (κ2) is 7.18. The van der Waals surface area contributed by atoms with Crippen LogP contribution in [0.3, 0.4) is 0 Å². The summed E-state index contributed by atoms with van der Waals surface area (Å²) < 4.78 is 17.9. The number of nitrogens with one attached hydrogen (secondary N) is 1. The Kier molecular flexibility index (Phi) is 4.81. The molecule has 0 aliphatic rings. The van der Waals surface area contributed by atoms with Crippen LogP contribution in [0.15, 0.2) is 48.0 Å². The van der Waals surface area contributed by atoms with E-state index in [-0.39, 0.29) is 11.7 Å². The minimum absolute atomic E-state index is 0.268. The van der Waals surface area contributed by atoms with Crippen molar-refractivity contribution in [3.63, 3.8) is 0 Å². The first-order valence-electron chi connectivity index (χ1n) is 7.14. The predicted molar refractivity (Wildman–Crippen MR) is 89.5 cm³/mol. The lowest BCUT2D eigenvalue weighted by molar-refractivity contribution is 0.0946. The highest BCUT2D eigenvalue weighted by atomic mass is 32.1. The zero-order valence-corrected chi connectivity index (χ0v) is 13.6. The minimum atomic E-state index is -0.304. The highest BCUT2D eigenvalue weighted by Crippen LogP contribution is 2.23. The van der Waals surface area contributed by atoms with Gasteiger partial charge in [0.1, 0.15) is 16.5 Å². The average Bonchev–Trinajstić information content (AvgIpc) is 3.11. The van der Waals surface area contributed by atoms with Crippen molar-refractivity contribution in [1.82, 2.24) is 15.3 Å². The summed E-state index contributed by atoms with van der Waals surface area (Å²) in [4.78, 5) is 20.5. The lowest BCUT2D eigenvalue weighted by Crippen LogP contribution is -2.23. The minimum Gasteiger partial charge on any atom is -0.481 e. The van der Waals surface area contributed by atoms with Crippen molar-refractivity contribution >= 4 is 17.2 Å². The van der Waals surface area contributed by atoms with Crippen LogP contribution in [-0.2, 0) is 6.54 Å². The summed E-state index contributed by atoms with van der Waals surface area (Å²) in [5.74, 6) is -0.0506. The Bertz CT molecular complexity index is 832. The molecule has 0 saturated heterocycles. The maximum absolute atomic E-state index is 13.0. The number of nitrogens with zero attached hydrogens (tertiary/aromatic N) is 2. The molecule has 1 aromatic carbocycles. The van der Waals surface area contributed by atoms with Gasteiger partial charge in [0.05, 0.1) is 7.11 Å². The molecule has 3 aromatic rings. The second-order valence-electron chi connectivity index (χ2n) is 4.94. The molecule has 0 unspecified atom stereocenters. The van der Waals surface area contributed by atoms with Crippen LogP contribution >= 0.6 is 11.3 Å².